The number of carbonyl (C=O) groups is 1. The molecule has 1 saturated heterocycles. The van der Waals surface area contributed by atoms with Crippen LogP contribution >= 0.6 is 0 Å². The van der Waals surface area contributed by atoms with Crippen LogP contribution in [0.15, 0.2) is 0 Å². The fourth-order valence-electron chi connectivity index (χ4n) is 2.44. The molecule has 2 aliphatic rings. The Bertz CT molecular complexity index is 219. The molecule has 1 saturated carbocycles. The molecule has 0 aromatic heterocycles. The molecule has 1 aliphatic carbocycles. The quantitative estimate of drug-likeness (QED) is 0.571. The molecule has 4 nitrogen and oxygen atoms in total. The van der Waals surface area contributed by atoms with Crippen LogP contribution in [0.3, 0.4) is 0 Å². The van der Waals surface area contributed by atoms with E-state index in [2.05, 4.69) is 10.6 Å². The van der Waals surface area contributed by atoms with Crippen molar-refractivity contribution >= 4 is 5.91 Å². The lowest BCUT2D eigenvalue weighted by atomic mass is 9.91. The molecule has 0 radical (unpaired) electrons. The summed E-state index contributed by atoms with van der Waals surface area (Å²) in [4.78, 5) is 11.0. The van der Waals surface area contributed by atoms with Gasteiger partial charge in [0, 0.05) is 31.1 Å². The highest BCUT2D eigenvalue weighted by atomic mass is 16.1. The molecule has 0 spiro atoms. The fourth-order valence-corrected chi connectivity index (χ4v) is 2.44. The lowest BCUT2D eigenvalue weighted by Crippen LogP contribution is -2.44. The highest BCUT2D eigenvalue weighted by Gasteiger charge is 2.26. The van der Waals surface area contributed by atoms with Gasteiger partial charge in [0.2, 0.25) is 5.91 Å². The van der Waals surface area contributed by atoms with Gasteiger partial charge in [-0.3, -0.25) is 4.79 Å². The highest BCUT2D eigenvalue weighted by molar-refractivity contribution is 5.78. The van der Waals surface area contributed by atoms with Gasteiger partial charge >= 0.3 is 0 Å². The minimum Gasteiger partial charge on any atom is -0.354 e. The van der Waals surface area contributed by atoms with Crippen LogP contribution in [0.1, 0.15) is 32.1 Å². The number of nitrogens with one attached hydrogen (secondary N) is 2. The number of hydrogen-bond donors (Lipinski definition) is 3. The molecule has 2 fully saturated rings. The van der Waals surface area contributed by atoms with Gasteiger partial charge in [0.1, 0.15) is 0 Å². The predicted octanol–water partition coefficient (Wildman–Crippen LogP) is -0.266. The lowest BCUT2D eigenvalue weighted by Gasteiger charge is -2.29. The van der Waals surface area contributed by atoms with Crippen LogP contribution in [0.4, 0.5) is 0 Å². The van der Waals surface area contributed by atoms with Gasteiger partial charge in [-0.05, 0) is 19.3 Å². The van der Waals surface area contributed by atoms with E-state index in [-0.39, 0.29) is 5.91 Å². The van der Waals surface area contributed by atoms with Gasteiger partial charge < -0.3 is 16.4 Å². The monoisotopic (exact) mass is 197 g/mol. The van der Waals surface area contributed by atoms with Crippen molar-refractivity contribution in [2.75, 3.05) is 6.54 Å². The van der Waals surface area contributed by atoms with Crippen molar-refractivity contribution in [2.24, 2.45) is 5.73 Å². The van der Waals surface area contributed by atoms with E-state index in [1.54, 1.807) is 0 Å². The summed E-state index contributed by atoms with van der Waals surface area (Å²) in [5, 5.41) is 6.35. The zero-order chi connectivity index (χ0) is 9.97. The maximum absolute atomic E-state index is 11.0. The molecule has 3 unspecified atom stereocenters. The summed E-state index contributed by atoms with van der Waals surface area (Å²) in [5.74, 6) is 0.169. The molecule has 4 N–H and O–H groups in total. The van der Waals surface area contributed by atoms with Gasteiger partial charge in [-0.25, -0.2) is 0 Å². The summed E-state index contributed by atoms with van der Waals surface area (Å²) in [6, 6.07) is 1.21. The molecule has 1 amide bonds. The summed E-state index contributed by atoms with van der Waals surface area (Å²) in [6.07, 6.45) is 5.27. The Morgan fingerprint density at radius 2 is 2.21 bits per heavy atom. The first-order chi connectivity index (χ1) is 6.74. The zero-order valence-corrected chi connectivity index (χ0v) is 8.46. The Balaban J connectivity index is 1.76. The first kappa shape index (κ1) is 9.93. The molecule has 0 bridgehead atoms. The van der Waals surface area contributed by atoms with Crippen molar-refractivity contribution < 1.29 is 4.79 Å². The Labute approximate surface area is 84.6 Å². The Morgan fingerprint density at radius 3 is 2.86 bits per heavy atom. The van der Waals surface area contributed by atoms with E-state index in [1.807, 2.05) is 0 Å². The van der Waals surface area contributed by atoms with E-state index in [0.29, 0.717) is 24.5 Å². The predicted molar refractivity (Wildman–Crippen MR) is 54.8 cm³/mol. The number of rotatable bonds is 2. The summed E-state index contributed by atoms with van der Waals surface area (Å²) in [6.45, 7) is 0.782. The molecule has 0 aromatic rings. The molecule has 3 atom stereocenters. The van der Waals surface area contributed by atoms with Gasteiger partial charge in [-0.1, -0.05) is 6.42 Å². The molecular formula is C10H19N3O. The van der Waals surface area contributed by atoms with Crippen LogP contribution in [0, 0.1) is 0 Å². The third kappa shape index (κ3) is 2.45. The maximum atomic E-state index is 11.0. The SMILES string of the molecule is NC1CCCC(NC2CNC(=O)C2)C1. The summed E-state index contributed by atoms with van der Waals surface area (Å²) in [7, 11) is 0. The second-order valence-corrected chi connectivity index (χ2v) is 4.50. The maximum Gasteiger partial charge on any atom is 0.221 e. The summed E-state index contributed by atoms with van der Waals surface area (Å²) < 4.78 is 0. The van der Waals surface area contributed by atoms with Gasteiger partial charge in [-0.15, -0.1) is 0 Å². The number of nitrogens with two attached hydrogens (primary N) is 1. The first-order valence-electron chi connectivity index (χ1n) is 5.52. The normalized spacial score (nSPS) is 38.4. The van der Waals surface area contributed by atoms with Crippen LogP contribution in [0.25, 0.3) is 0 Å². The van der Waals surface area contributed by atoms with E-state index in [1.165, 1.54) is 12.8 Å². The van der Waals surface area contributed by atoms with Crippen molar-refractivity contribution in [3.63, 3.8) is 0 Å². The van der Waals surface area contributed by atoms with Crippen LogP contribution in [0.2, 0.25) is 0 Å². The Kier molecular flexibility index (Phi) is 3.03. The van der Waals surface area contributed by atoms with Crippen molar-refractivity contribution in [3.8, 4) is 0 Å². The molecule has 0 aromatic carbocycles. The minimum absolute atomic E-state index is 0.169. The van der Waals surface area contributed by atoms with Crippen LogP contribution in [0.5, 0.6) is 0 Å². The van der Waals surface area contributed by atoms with Crippen molar-refractivity contribution in [1.29, 1.82) is 0 Å². The van der Waals surface area contributed by atoms with Crippen LogP contribution in [-0.4, -0.2) is 30.6 Å². The largest absolute Gasteiger partial charge is 0.354 e. The zero-order valence-electron chi connectivity index (χ0n) is 8.46. The number of hydrogen-bond acceptors (Lipinski definition) is 3. The summed E-state index contributed by atoms with van der Waals surface area (Å²) >= 11 is 0. The average Bonchev–Trinajstić information content (AvgIpc) is 2.51. The van der Waals surface area contributed by atoms with E-state index >= 15 is 0 Å². The van der Waals surface area contributed by atoms with E-state index in [4.69, 9.17) is 5.73 Å². The van der Waals surface area contributed by atoms with Crippen LogP contribution < -0.4 is 16.4 Å². The molecule has 1 aliphatic heterocycles. The van der Waals surface area contributed by atoms with E-state index < -0.39 is 0 Å². The first-order valence-corrected chi connectivity index (χ1v) is 5.52. The molecule has 1 heterocycles. The molecular weight excluding hydrogens is 178 g/mol. The van der Waals surface area contributed by atoms with Gasteiger partial charge in [0.05, 0.1) is 0 Å². The fraction of sp³-hybridized carbons (Fsp3) is 0.900. The smallest absolute Gasteiger partial charge is 0.221 e. The van der Waals surface area contributed by atoms with Gasteiger partial charge in [-0.2, -0.15) is 0 Å². The average molecular weight is 197 g/mol. The Morgan fingerprint density at radius 1 is 1.36 bits per heavy atom. The minimum atomic E-state index is 0.169. The van der Waals surface area contributed by atoms with Gasteiger partial charge in [0.25, 0.3) is 0 Å². The highest BCUT2D eigenvalue weighted by Crippen LogP contribution is 2.18. The molecule has 14 heavy (non-hydrogen) atoms. The molecule has 2 rings (SSSR count). The standard InChI is InChI=1S/C10H19N3O/c11-7-2-1-3-8(4-7)13-9-5-10(14)12-6-9/h7-9,13H,1-6,11H2,(H,12,14). The topological polar surface area (TPSA) is 67.2 Å². The van der Waals surface area contributed by atoms with Crippen molar-refractivity contribution in [3.05, 3.63) is 0 Å². The second kappa shape index (κ2) is 4.28. The number of carbonyl (C=O) groups excluding carboxylic acids is 1. The van der Waals surface area contributed by atoms with E-state index in [9.17, 15) is 4.79 Å². The number of amides is 1. The van der Waals surface area contributed by atoms with Gasteiger partial charge in [0.15, 0.2) is 0 Å². The third-order valence-corrected chi connectivity index (χ3v) is 3.16. The lowest BCUT2D eigenvalue weighted by molar-refractivity contribution is -0.119. The second-order valence-electron chi connectivity index (χ2n) is 4.50. The van der Waals surface area contributed by atoms with E-state index in [0.717, 1.165) is 19.4 Å². The molecule has 4 heteroatoms. The van der Waals surface area contributed by atoms with Crippen LogP contribution in [-0.2, 0) is 4.79 Å². The summed E-state index contributed by atoms with van der Waals surface area (Å²) in [5.41, 5.74) is 5.90. The molecule has 80 valence electrons. The third-order valence-electron chi connectivity index (χ3n) is 3.16. The Hall–Kier alpha value is -0.610. The van der Waals surface area contributed by atoms with Crippen molar-refractivity contribution in [1.82, 2.24) is 10.6 Å². The van der Waals surface area contributed by atoms with Crippen molar-refractivity contribution in [2.45, 2.75) is 50.2 Å².